The average molecular weight is 700 g/mol. The van der Waals surface area contributed by atoms with E-state index in [4.69, 9.17) is 4.52 Å². The zero-order chi connectivity index (χ0) is 35.1. The van der Waals surface area contributed by atoms with E-state index in [9.17, 15) is 9.46 Å². The lowest BCUT2D eigenvalue weighted by molar-refractivity contribution is 0.197. The topological polar surface area (TPSA) is 49.8 Å². The summed E-state index contributed by atoms with van der Waals surface area (Å²) in [5, 5.41) is 0. The zero-order valence-corrected chi connectivity index (χ0v) is 34.3. The molecule has 0 amide bonds. The summed E-state index contributed by atoms with van der Waals surface area (Å²) in [6, 6.07) is 0. The molecule has 0 aliphatic carbocycles. The molecule has 0 aliphatic rings. The summed E-state index contributed by atoms with van der Waals surface area (Å²) in [4.78, 5) is 10.7. The number of hydrogen-bond acceptors (Lipinski definition) is 2. The second-order valence-corrected chi connectivity index (χ2v) is 17.1. The molecular formula is C43H90NO3P. The predicted octanol–water partition coefficient (Wildman–Crippen LogP) is 15.9. The molecule has 1 unspecified atom stereocenters. The van der Waals surface area contributed by atoms with Crippen LogP contribution in [0.1, 0.15) is 258 Å². The summed E-state index contributed by atoms with van der Waals surface area (Å²) in [5.74, 6) is 0. The average Bonchev–Trinajstić information content (AvgIpc) is 3.08. The zero-order valence-electron chi connectivity index (χ0n) is 33.4. The van der Waals surface area contributed by atoms with Crippen molar-refractivity contribution in [3.63, 3.8) is 0 Å². The Morgan fingerprint density at radius 1 is 0.354 bits per heavy atom. The Morgan fingerprint density at radius 2 is 0.562 bits per heavy atom. The maximum absolute atomic E-state index is 13.0. The van der Waals surface area contributed by atoms with E-state index in [1.165, 1.54) is 205 Å². The Morgan fingerprint density at radius 3 is 0.771 bits per heavy atom. The highest BCUT2D eigenvalue weighted by Gasteiger charge is 2.28. The first-order valence-corrected chi connectivity index (χ1v) is 23.8. The fourth-order valence-electron chi connectivity index (χ4n) is 7.05. The Labute approximate surface area is 303 Å². The van der Waals surface area contributed by atoms with Gasteiger partial charge in [-0.15, -0.1) is 0 Å². The first kappa shape index (κ1) is 48.1. The second-order valence-electron chi connectivity index (χ2n) is 15.3. The third-order valence-electron chi connectivity index (χ3n) is 10.4. The van der Waals surface area contributed by atoms with E-state index in [-0.39, 0.29) is 0 Å². The molecule has 1 N–H and O–H groups in total. The molecule has 0 fully saturated rings. The van der Waals surface area contributed by atoms with Crippen molar-refractivity contribution in [1.29, 1.82) is 0 Å². The first-order chi connectivity index (χ1) is 23.6. The van der Waals surface area contributed by atoms with Crippen molar-refractivity contribution in [2.75, 3.05) is 19.7 Å². The first-order valence-electron chi connectivity index (χ1n) is 22.3. The molecule has 0 saturated heterocycles. The van der Waals surface area contributed by atoms with Crippen LogP contribution in [0.15, 0.2) is 0 Å². The van der Waals surface area contributed by atoms with Gasteiger partial charge in [0, 0.05) is 13.1 Å². The molecule has 1 atom stereocenters. The standard InChI is InChI=1S/C43H90NO3P/c1-4-7-9-11-13-15-17-19-21-23-25-27-29-31-33-35-37-39-41-44(48(45,46)47-43-6-3)42-40-38-36-34-32-30-28-26-24-22-20-18-16-14-12-10-8-5-2/h4-43H2,1-3H3,(H,45,46). The predicted molar refractivity (Wildman–Crippen MR) is 215 cm³/mol. The smallest absolute Gasteiger partial charge is 0.312 e. The molecule has 0 rings (SSSR count). The van der Waals surface area contributed by atoms with Gasteiger partial charge in [-0.25, -0.2) is 9.24 Å². The molecule has 0 aliphatic heterocycles. The van der Waals surface area contributed by atoms with Crippen molar-refractivity contribution in [3.05, 3.63) is 0 Å². The normalized spacial score (nSPS) is 13.1. The van der Waals surface area contributed by atoms with Crippen LogP contribution in [-0.4, -0.2) is 29.3 Å². The van der Waals surface area contributed by atoms with E-state index in [2.05, 4.69) is 13.8 Å². The van der Waals surface area contributed by atoms with Gasteiger partial charge in [0.05, 0.1) is 6.61 Å². The van der Waals surface area contributed by atoms with Crippen LogP contribution in [0.2, 0.25) is 0 Å². The maximum atomic E-state index is 13.0. The summed E-state index contributed by atoms with van der Waals surface area (Å²) in [6.45, 7) is 8.33. The highest BCUT2D eigenvalue weighted by molar-refractivity contribution is 7.50. The van der Waals surface area contributed by atoms with E-state index in [1.807, 2.05) is 6.92 Å². The highest BCUT2D eigenvalue weighted by atomic mass is 31.2. The highest BCUT2D eigenvalue weighted by Crippen LogP contribution is 2.46. The lowest BCUT2D eigenvalue weighted by atomic mass is 10.0. The summed E-state index contributed by atoms with van der Waals surface area (Å²) >= 11 is 0. The van der Waals surface area contributed by atoms with Crippen LogP contribution in [0.25, 0.3) is 0 Å². The van der Waals surface area contributed by atoms with Crippen molar-refractivity contribution in [3.8, 4) is 0 Å². The maximum Gasteiger partial charge on any atom is 0.405 e. The number of unbranched alkanes of at least 4 members (excludes halogenated alkanes) is 34. The molecule has 0 radical (unpaired) electrons. The molecule has 290 valence electrons. The number of rotatable bonds is 42. The molecule has 0 spiro atoms. The quantitative estimate of drug-likeness (QED) is 0.0509. The van der Waals surface area contributed by atoms with E-state index >= 15 is 0 Å². The molecule has 4 nitrogen and oxygen atoms in total. The molecule has 0 aromatic heterocycles. The van der Waals surface area contributed by atoms with Gasteiger partial charge in [-0.1, -0.05) is 239 Å². The molecule has 0 aromatic rings. The van der Waals surface area contributed by atoms with Crippen LogP contribution in [0.5, 0.6) is 0 Å². The minimum Gasteiger partial charge on any atom is -0.312 e. The van der Waals surface area contributed by atoms with Crippen LogP contribution in [0, 0.1) is 0 Å². The van der Waals surface area contributed by atoms with Crippen LogP contribution < -0.4 is 0 Å². The second kappa shape index (κ2) is 39.9. The van der Waals surface area contributed by atoms with Crippen LogP contribution in [0.3, 0.4) is 0 Å². The Bertz CT molecular complexity index is 606. The van der Waals surface area contributed by atoms with Crippen molar-refractivity contribution in [1.82, 2.24) is 4.67 Å². The fraction of sp³-hybridized carbons (Fsp3) is 1.00. The minimum absolute atomic E-state index is 0.364. The molecule has 5 heteroatoms. The van der Waals surface area contributed by atoms with Gasteiger partial charge in [0.25, 0.3) is 0 Å². The minimum atomic E-state index is -3.67. The molecule has 0 heterocycles. The molecule has 0 aromatic carbocycles. The van der Waals surface area contributed by atoms with E-state index in [1.54, 1.807) is 4.67 Å². The lowest BCUT2D eigenvalue weighted by Crippen LogP contribution is -2.24. The molecular weight excluding hydrogens is 609 g/mol. The fourth-order valence-corrected chi connectivity index (χ4v) is 8.42. The van der Waals surface area contributed by atoms with Gasteiger partial charge in [-0.2, -0.15) is 0 Å². The summed E-state index contributed by atoms with van der Waals surface area (Å²) in [5.41, 5.74) is 0. The lowest BCUT2D eigenvalue weighted by Gasteiger charge is -2.26. The Hall–Kier alpha value is 0.110. The third-order valence-corrected chi connectivity index (χ3v) is 12.0. The monoisotopic (exact) mass is 700 g/mol. The van der Waals surface area contributed by atoms with Gasteiger partial charge in [0.2, 0.25) is 0 Å². The van der Waals surface area contributed by atoms with Crippen molar-refractivity contribution in [2.45, 2.75) is 258 Å². The van der Waals surface area contributed by atoms with Gasteiger partial charge in [-0.05, 0) is 19.3 Å². The largest absolute Gasteiger partial charge is 0.405 e. The van der Waals surface area contributed by atoms with Gasteiger partial charge in [0.15, 0.2) is 0 Å². The number of nitrogens with zero attached hydrogens (tertiary/aromatic N) is 1. The van der Waals surface area contributed by atoms with Crippen LogP contribution >= 0.6 is 7.75 Å². The van der Waals surface area contributed by atoms with Gasteiger partial charge in [0.1, 0.15) is 0 Å². The third kappa shape index (κ3) is 35.9. The molecule has 0 bridgehead atoms. The van der Waals surface area contributed by atoms with Gasteiger partial charge < -0.3 is 4.89 Å². The Balaban J connectivity index is 3.74. The van der Waals surface area contributed by atoms with Gasteiger partial charge in [-0.3, -0.25) is 4.52 Å². The van der Waals surface area contributed by atoms with Crippen molar-refractivity contribution < 1.29 is 14.0 Å². The van der Waals surface area contributed by atoms with Crippen molar-refractivity contribution >= 4 is 7.75 Å². The molecule has 0 saturated carbocycles. The Kier molecular flexibility index (Phi) is 40.0. The van der Waals surface area contributed by atoms with Gasteiger partial charge >= 0.3 is 7.75 Å². The van der Waals surface area contributed by atoms with Crippen LogP contribution in [-0.2, 0) is 9.09 Å². The SMILES string of the molecule is CCCCCCCCCCCCCCCCCCCCN(CCCCCCCCCCCCCCCCCCCC)P(=O)(O)OCCC. The summed E-state index contributed by atoms with van der Waals surface area (Å²) in [6.07, 6.45) is 49.8. The van der Waals surface area contributed by atoms with Crippen molar-refractivity contribution in [2.24, 2.45) is 0 Å². The molecule has 48 heavy (non-hydrogen) atoms. The van der Waals surface area contributed by atoms with E-state index in [0.29, 0.717) is 19.7 Å². The van der Waals surface area contributed by atoms with Crippen LogP contribution in [0.4, 0.5) is 0 Å². The summed E-state index contributed by atoms with van der Waals surface area (Å²) in [7, 11) is -3.67. The number of hydrogen-bond donors (Lipinski definition) is 1. The van der Waals surface area contributed by atoms with E-state index < -0.39 is 7.75 Å². The van der Waals surface area contributed by atoms with E-state index in [0.717, 1.165) is 32.1 Å². The summed E-state index contributed by atoms with van der Waals surface area (Å²) < 4.78 is 20.2.